The van der Waals surface area contributed by atoms with Crippen LogP contribution in [0.3, 0.4) is 0 Å². The molecule has 2 aromatic rings. The topological polar surface area (TPSA) is 55.0 Å². The molecule has 0 unspecified atom stereocenters. The largest absolute Gasteiger partial charge is 0.466 e. The molecule has 1 N–H and O–H groups in total. The molecule has 76 valence electrons. The Labute approximate surface area is 86.6 Å². The van der Waals surface area contributed by atoms with Crippen LogP contribution in [-0.4, -0.2) is 23.0 Å². The fraction of sp³-hybridized carbons (Fsp3) is 0.0909. The molecule has 4 heteroatoms. The van der Waals surface area contributed by atoms with E-state index in [-0.39, 0.29) is 5.97 Å². The first kappa shape index (κ1) is 9.45. The molecular formula is C11H10N2O2. The third kappa shape index (κ3) is 1.88. The summed E-state index contributed by atoms with van der Waals surface area (Å²) in [5, 5.41) is 0.984. The van der Waals surface area contributed by atoms with Crippen LogP contribution in [0.1, 0.15) is 5.56 Å². The number of nitrogens with one attached hydrogen (secondary N) is 1. The Hall–Kier alpha value is -2.10. The number of carbonyl (C=O) groups is 1. The van der Waals surface area contributed by atoms with Gasteiger partial charge in [0.15, 0.2) is 0 Å². The van der Waals surface area contributed by atoms with E-state index in [9.17, 15) is 4.79 Å². The predicted octanol–water partition coefficient (Wildman–Crippen LogP) is 1.75. The van der Waals surface area contributed by atoms with Gasteiger partial charge in [0.25, 0.3) is 0 Å². The van der Waals surface area contributed by atoms with Crippen molar-refractivity contribution in [3.63, 3.8) is 0 Å². The summed E-state index contributed by atoms with van der Waals surface area (Å²) in [5.74, 6) is -0.367. The molecule has 2 rings (SSSR count). The summed E-state index contributed by atoms with van der Waals surface area (Å²) in [7, 11) is 1.35. The molecule has 0 amide bonds. The van der Waals surface area contributed by atoms with Crippen LogP contribution in [0.15, 0.2) is 30.6 Å². The van der Waals surface area contributed by atoms with Gasteiger partial charge in [-0.3, -0.25) is 0 Å². The number of carbonyl (C=O) groups excluding carboxylic acids is 1. The van der Waals surface area contributed by atoms with Crippen LogP contribution >= 0.6 is 0 Å². The van der Waals surface area contributed by atoms with Crippen LogP contribution < -0.4 is 0 Å². The summed E-state index contributed by atoms with van der Waals surface area (Å²) in [5.41, 5.74) is 1.73. The number of pyridine rings is 1. The maximum atomic E-state index is 10.9. The second-order valence-corrected chi connectivity index (χ2v) is 3.00. The van der Waals surface area contributed by atoms with E-state index in [1.807, 2.05) is 12.1 Å². The summed E-state index contributed by atoms with van der Waals surface area (Å²) in [6.45, 7) is 0. The van der Waals surface area contributed by atoms with Crippen LogP contribution in [-0.2, 0) is 9.53 Å². The van der Waals surface area contributed by atoms with E-state index in [0.29, 0.717) is 0 Å². The molecule has 0 radical (unpaired) electrons. The van der Waals surface area contributed by atoms with Crippen molar-refractivity contribution in [3.8, 4) is 0 Å². The lowest BCUT2D eigenvalue weighted by Gasteiger charge is -1.90. The number of aromatic amines is 1. The second-order valence-electron chi connectivity index (χ2n) is 3.00. The smallest absolute Gasteiger partial charge is 0.330 e. The van der Waals surface area contributed by atoms with Gasteiger partial charge in [0.2, 0.25) is 0 Å². The number of methoxy groups -OCH3 is 1. The van der Waals surface area contributed by atoms with Crippen molar-refractivity contribution in [1.82, 2.24) is 9.97 Å². The molecule has 2 heterocycles. The maximum absolute atomic E-state index is 10.9. The summed E-state index contributed by atoms with van der Waals surface area (Å²) in [4.78, 5) is 18.1. The maximum Gasteiger partial charge on any atom is 0.330 e. The number of hydrogen-bond acceptors (Lipinski definition) is 3. The summed E-state index contributed by atoms with van der Waals surface area (Å²) >= 11 is 0. The first-order valence-corrected chi connectivity index (χ1v) is 4.49. The van der Waals surface area contributed by atoms with Gasteiger partial charge in [-0.15, -0.1) is 0 Å². The molecule has 15 heavy (non-hydrogen) atoms. The highest BCUT2D eigenvalue weighted by molar-refractivity contribution is 5.92. The minimum Gasteiger partial charge on any atom is -0.466 e. The van der Waals surface area contributed by atoms with E-state index >= 15 is 0 Å². The van der Waals surface area contributed by atoms with E-state index in [1.54, 1.807) is 18.5 Å². The van der Waals surface area contributed by atoms with Gasteiger partial charge in [0.05, 0.1) is 7.11 Å². The number of hydrogen-bond donors (Lipinski definition) is 1. The average molecular weight is 202 g/mol. The zero-order chi connectivity index (χ0) is 10.7. The SMILES string of the molecule is COC(=O)C=Cc1c[nH]c2ncccc12. The molecule has 2 aromatic heterocycles. The Kier molecular flexibility index (Phi) is 2.49. The first-order chi connectivity index (χ1) is 7.31. The van der Waals surface area contributed by atoms with E-state index in [1.165, 1.54) is 13.2 Å². The Balaban J connectivity index is 2.36. The van der Waals surface area contributed by atoms with Crippen molar-refractivity contribution in [2.24, 2.45) is 0 Å². The Morgan fingerprint density at radius 3 is 3.27 bits per heavy atom. The van der Waals surface area contributed by atoms with Gasteiger partial charge in [-0.05, 0) is 18.2 Å². The molecule has 0 fully saturated rings. The van der Waals surface area contributed by atoms with Crippen molar-refractivity contribution in [1.29, 1.82) is 0 Å². The van der Waals surface area contributed by atoms with Gasteiger partial charge in [-0.1, -0.05) is 0 Å². The normalized spacial score (nSPS) is 11.0. The summed E-state index contributed by atoms with van der Waals surface area (Å²) < 4.78 is 4.51. The van der Waals surface area contributed by atoms with Crippen LogP contribution in [0.25, 0.3) is 17.1 Å². The van der Waals surface area contributed by atoms with Gasteiger partial charge in [-0.25, -0.2) is 9.78 Å². The van der Waals surface area contributed by atoms with Crippen LogP contribution in [0.4, 0.5) is 0 Å². The second kappa shape index (κ2) is 3.96. The predicted molar refractivity (Wildman–Crippen MR) is 57.1 cm³/mol. The Bertz CT molecular complexity index is 514. The minimum absolute atomic E-state index is 0.367. The molecular weight excluding hydrogens is 192 g/mol. The number of aromatic nitrogens is 2. The average Bonchev–Trinajstić information content (AvgIpc) is 2.69. The number of rotatable bonds is 2. The monoisotopic (exact) mass is 202 g/mol. The molecule has 0 aliphatic rings. The first-order valence-electron chi connectivity index (χ1n) is 4.49. The lowest BCUT2D eigenvalue weighted by molar-refractivity contribution is -0.134. The highest BCUT2D eigenvalue weighted by atomic mass is 16.5. The molecule has 0 atom stereocenters. The molecule has 0 saturated heterocycles. The third-order valence-corrected chi connectivity index (χ3v) is 2.08. The van der Waals surface area contributed by atoms with Gasteiger partial charge >= 0.3 is 5.97 Å². The van der Waals surface area contributed by atoms with E-state index in [0.717, 1.165) is 16.6 Å². The van der Waals surface area contributed by atoms with Gasteiger partial charge in [-0.2, -0.15) is 0 Å². The summed E-state index contributed by atoms with van der Waals surface area (Å²) in [6.07, 6.45) is 6.60. The van der Waals surface area contributed by atoms with E-state index < -0.39 is 0 Å². The molecule has 0 aromatic carbocycles. The summed E-state index contributed by atoms with van der Waals surface area (Å²) in [6, 6.07) is 3.79. The third-order valence-electron chi connectivity index (χ3n) is 2.08. The number of fused-ring (bicyclic) bond motifs is 1. The van der Waals surface area contributed by atoms with Gasteiger partial charge < -0.3 is 9.72 Å². The number of H-pyrrole nitrogens is 1. The zero-order valence-electron chi connectivity index (χ0n) is 8.23. The van der Waals surface area contributed by atoms with Crippen molar-refractivity contribution in [2.45, 2.75) is 0 Å². The van der Waals surface area contributed by atoms with E-state index in [4.69, 9.17) is 0 Å². The lowest BCUT2D eigenvalue weighted by Crippen LogP contribution is -1.92. The van der Waals surface area contributed by atoms with Crippen LogP contribution in [0, 0.1) is 0 Å². The van der Waals surface area contributed by atoms with Crippen molar-refractivity contribution < 1.29 is 9.53 Å². The van der Waals surface area contributed by atoms with Gasteiger partial charge in [0, 0.05) is 29.4 Å². The van der Waals surface area contributed by atoms with Crippen LogP contribution in [0.2, 0.25) is 0 Å². The highest BCUT2D eigenvalue weighted by Crippen LogP contribution is 2.16. The quantitative estimate of drug-likeness (QED) is 0.596. The molecule has 0 saturated carbocycles. The fourth-order valence-electron chi connectivity index (χ4n) is 1.34. The number of ether oxygens (including phenoxy) is 1. The van der Waals surface area contributed by atoms with Gasteiger partial charge in [0.1, 0.15) is 5.65 Å². The van der Waals surface area contributed by atoms with Crippen molar-refractivity contribution in [3.05, 3.63) is 36.2 Å². The molecule has 0 aliphatic heterocycles. The standard InChI is InChI=1S/C11H10N2O2/c1-15-10(14)5-4-8-7-13-11-9(8)3-2-6-12-11/h2-7H,1H3,(H,12,13). The molecule has 4 nitrogen and oxygen atoms in total. The van der Waals surface area contributed by atoms with E-state index in [2.05, 4.69) is 14.7 Å². The Morgan fingerprint density at radius 1 is 1.60 bits per heavy atom. The molecule has 0 aliphatic carbocycles. The molecule has 0 spiro atoms. The number of esters is 1. The number of nitrogens with zero attached hydrogens (tertiary/aromatic N) is 1. The van der Waals surface area contributed by atoms with Crippen molar-refractivity contribution in [2.75, 3.05) is 7.11 Å². The minimum atomic E-state index is -0.367. The lowest BCUT2D eigenvalue weighted by atomic mass is 10.2. The Morgan fingerprint density at radius 2 is 2.47 bits per heavy atom. The highest BCUT2D eigenvalue weighted by Gasteiger charge is 2.00. The van der Waals surface area contributed by atoms with Crippen LogP contribution in [0.5, 0.6) is 0 Å². The zero-order valence-corrected chi connectivity index (χ0v) is 8.23. The van der Waals surface area contributed by atoms with Crippen molar-refractivity contribution >= 4 is 23.1 Å². The molecule has 0 bridgehead atoms. The fourth-order valence-corrected chi connectivity index (χ4v) is 1.34.